The van der Waals surface area contributed by atoms with Crippen LogP contribution in [0.15, 0.2) is 36.4 Å². The first-order valence-corrected chi connectivity index (χ1v) is 6.35. The van der Waals surface area contributed by atoms with Gasteiger partial charge in [0.15, 0.2) is 0 Å². The minimum absolute atomic E-state index is 0.298. The highest BCUT2D eigenvalue weighted by Gasteiger charge is 2.04. The van der Waals surface area contributed by atoms with E-state index in [-0.39, 0.29) is 0 Å². The van der Waals surface area contributed by atoms with Gasteiger partial charge in [0.25, 0.3) is 0 Å². The van der Waals surface area contributed by atoms with Crippen molar-refractivity contribution >= 4 is 16.9 Å². The van der Waals surface area contributed by atoms with Crippen molar-refractivity contribution in [3.63, 3.8) is 0 Å². The molecule has 0 heterocycles. The number of aryl methyl sites for hydroxylation is 1. The molecule has 0 saturated heterocycles. The molecule has 0 unspecified atom stereocenters. The standard InChI is InChI=1S/C15H17NO3/c17-14-9-8-11(5-3-4-10-16-15(18)19)12-6-1-2-7-13(12)14/h1-2,6-9,16-17H,3-5,10H2,(H,18,19). The van der Waals surface area contributed by atoms with Gasteiger partial charge in [0.2, 0.25) is 0 Å². The molecule has 0 saturated carbocycles. The Labute approximate surface area is 111 Å². The molecule has 0 fully saturated rings. The van der Waals surface area contributed by atoms with E-state index >= 15 is 0 Å². The molecule has 3 N–H and O–H groups in total. The lowest BCUT2D eigenvalue weighted by Crippen LogP contribution is -2.21. The third-order valence-corrected chi connectivity index (χ3v) is 3.14. The molecule has 19 heavy (non-hydrogen) atoms. The molecule has 4 heteroatoms. The van der Waals surface area contributed by atoms with E-state index in [2.05, 4.69) is 5.32 Å². The van der Waals surface area contributed by atoms with E-state index in [1.54, 1.807) is 6.07 Å². The zero-order valence-corrected chi connectivity index (χ0v) is 10.6. The van der Waals surface area contributed by atoms with Crippen molar-refractivity contribution in [2.45, 2.75) is 19.3 Å². The van der Waals surface area contributed by atoms with Crippen LogP contribution in [0.4, 0.5) is 4.79 Å². The number of unbranched alkanes of at least 4 members (excludes halogenated alkanes) is 1. The third kappa shape index (κ3) is 3.37. The fraction of sp³-hybridized carbons (Fsp3) is 0.267. The summed E-state index contributed by atoms with van der Waals surface area (Å²) in [6.07, 6.45) is 1.62. The van der Waals surface area contributed by atoms with E-state index in [9.17, 15) is 9.90 Å². The summed E-state index contributed by atoms with van der Waals surface area (Å²) in [6, 6.07) is 11.4. The average molecular weight is 259 g/mol. The van der Waals surface area contributed by atoms with Gasteiger partial charge in [-0.15, -0.1) is 0 Å². The summed E-state index contributed by atoms with van der Waals surface area (Å²) < 4.78 is 0. The fourth-order valence-corrected chi connectivity index (χ4v) is 2.20. The van der Waals surface area contributed by atoms with E-state index in [1.807, 2.05) is 30.3 Å². The minimum atomic E-state index is -0.977. The largest absolute Gasteiger partial charge is 0.507 e. The summed E-state index contributed by atoms with van der Waals surface area (Å²) in [7, 11) is 0. The number of amides is 1. The Kier molecular flexibility index (Phi) is 4.23. The number of hydrogen-bond acceptors (Lipinski definition) is 2. The van der Waals surface area contributed by atoms with Crippen LogP contribution >= 0.6 is 0 Å². The van der Waals surface area contributed by atoms with Gasteiger partial charge in [-0.3, -0.25) is 0 Å². The maximum Gasteiger partial charge on any atom is 0.404 e. The lowest BCUT2D eigenvalue weighted by molar-refractivity contribution is 0.194. The number of hydrogen-bond donors (Lipinski definition) is 3. The Balaban J connectivity index is 2.01. The van der Waals surface area contributed by atoms with Gasteiger partial charge < -0.3 is 15.5 Å². The van der Waals surface area contributed by atoms with Gasteiger partial charge >= 0.3 is 6.09 Å². The zero-order valence-electron chi connectivity index (χ0n) is 10.6. The predicted molar refractivity (Wildman–Crippen MR) is 74.6 cm³/mol. The second-order valence-electron chi connectivity index (χ2n) is 4.48. The molecule has 0 aromatic heterocycles. The molecule has 2 aromatic rings. The van der Waals surface area contributed by atoms with Crippen molar-refractivity contribution in [1.82, 2.24) is 5.32 Å². The topological polar surface area (TPSA) is 69.6 Å². The third-order valence-electron chi connectivity index (χ3n) is 3.14. The smallest absolute Gasteiger partial charge is 0.404 e. The van der Waals surface area contributed by atoms with Crippen LogP contribution in [0.3, 0.4) is 0 Å². The summed E-state index contributed by atoms with van der Waals surface area (Å²) in [6.45, 7) is 0.478. The molecule has 0 spiro atoms. The van der Waals surface area contributed by atoms with E-state index in [0.29, 0.717) is 12.3 Å². The highest BCUT2D eigenvalue weighted by atomic mass is 16.4. The Morgan fingerprint density at radius 1 is 1.05 bits per heavy atom. The van der Waals surface area contributed by atoms with Gasteiger partial charge in [-0.25, -0.2) is 4.79 Å². The molecule has 4 nitrogen and oxygen atoms in total. The molecule has 0 bridgehead atoms. The lowest BCUT2D eigenvalue weighted by atomic mass is 9.99. The van der Waals surface area contributed by atoms with Gasteiger partial charge in [-0.1, -0.05) is 30.3 Å². The number of phenols is 1. The van der Waals surface area contributed by atoms with E-state index in [0.717, 1.165) is 30.0 Å². The molecule has 0 atom stereocenters. The molecule has 0 aliphatic rings. The average Bonchev–Trinajstić information content (AvgIpc) is 2.41. The molecular formula is C15H17NO3. The summed E-state index contributed by atoms with van der Waals surface area (Å²) >= 11 is 0. The van der Waals surface area contributed by atoms with Crippen LogP contribution in [0.1, 0.15) is 18.4 Å². The van der Waals surface area contributed by atoms with E-state index in [1.165, 1.54) is 5.56 Å². The van der Waals surface area contributed by atoms with E-state index < -0.39 is 6.09 Å². The molecule has 0 radical (unpaired) electrons. The monoisotopic (exact) mass is 259 g/mol. The van der Waals surface area contributed by atoms with Crippen LogP contribution in [-0.4, -0.2) is 22.9 Å². The van der Waals surface area contributed by atoms with Gasteiger partial charge in [-0.05, 0) is 36.3 Å². The van der Waals surface area contributed by atoms with Crippen LogP contribution in [0, 0.1) is 0 Å². The maximum atomic E-state index is 10.3. The predicted octanol–water partition coefficient (Wildman–Crippen LogP) is 3.14. The molecule has 2 aromatic carbocycles. The van der Waals surface area contributed by atoms with Crippen molar-refractivity contribution in [2.24, 2.45) is 0 Å². The maximum absolute atomic E-state index is 10.3. The number of fused-ring (bicyclic) bond motifs is 1. The number of carbonyl (C=O) groups is 1. The minimum Gasteiger partial charge on any atom is -0.507 e. The molecule has 1 amide bonds. The number of phenolic OH excluding ortho intramolecular Hbond substituents is 1. The van der Waals surface area contributed by atoms with Gasteiger partial charge in [0.05, 0.1) is 0 Å². The summed E-state index contributed by atoms with van der Waals surface area (Å²) in [5.74, 6) is 0.298. The summed E-state index contributed by atoms with van der Waals surface area (Å²) in [5.41, 5.74) is 1.18. The van der Waals surface area contributed by atoms with Crippen LogP contribution in [-0.2, 0) is 6.42 Å². The fourth-order valence-electron chi connectivity index (χ4n) is 2.20. The van der Waals surface area contributed by atoms with Gasteiger partial charge in [-0.2, -0.15) is 0 Å². The number of rotatable bonds is 5. The molecule has 0 aliphatic heterocycles. The second-order valence-corrected chi connectivity index (χ2v) is 4.48. The van der Waals surface area contributed by atoms with Crippen molar-refractivity contribution in [3.8, 4) is 5.75 Å². The number of benzene rings is 2. The quantitative estimate of drug-likeness (QED) is 0.722. The Morgan fingerprint density at radius 3 is 2.53 bits per heavy atom. The van der Waals surface area contributed by atoms with Crippen molar-refractivity contribution in [3.05, 3.63) is 42.0 Å². The highest BCUT2D eigenvalue weighted by Crippen LogP contribution is 2.28. The van der Waals surface area contributed by atoms with Crippen LogP contribution in [0.5, 0.6) is 5.75 Å². The molecule has 0 aliphatic carbocycles. The molecular weight excluding hydrogens is 242 g/mol. The molecule has 2 rings (SSSR count). The highest BCUT2D eigenvalue weighted by molar-refractivity contribution is 5.90. The first-order valence-electron chi connectivity index (χ1n) is 6.35. The zero-order chi connectivity index (χ0) is 13.7. The number of nitrogens with one attached hydrogen (secondary N) is 1. The first kappa shape index (κ1) is 13.2. The summed E-state index contributed by atoms with van der Waals surface area (Å²) in [4.78, 5) is 10.3. The summed E-state index contributed by atoms with van der Waals surface area (Å²) in [5, 5.41) is 22.5. The van der Waals surface area contributed by atoms with Crippen LogP contribution < -0.4 is 5.32 Å². The number of aromatic hydroxyl groups is 1. The normalized spacial score (nSPS) is 10.5. The van der Waals surface area contributed by atoms with Crippen LogP contribution in [0.25, 0.3) is 10.8 Å². The second kappa shape index (κ2) is 6.09. The lowest BCUT2D eigenvalue weighted by Gasteiger charge is -2.08. The molecule has 100 valence electrons. The van der Waals surface area contributed by atoms with Crippen molar-refractivity contribution in [2.75, 3.05) is 6.54 Å². The van der Waals surface area contributed by atoms with Crippen molar-refractivity contribution < 1.29 is 15.0 Å². The first-order chi connectivity index (χ1) is 9.18. The van der Waals surface area contributed by atoms with Crippen molar-refractivity contribution in [1.29, 1.82) is 0 Å². The number of carboxylic acid groups (broad SMARTS) is 1. The SMILES string of the molecule is O=C(O)NCCCCc1ccc(O)c2ccccc12. The van der Waals surface area contributed by atoms with E-state index in [4.69, 9.17) is 5.11 Å². The van der Waals surface area contributed by atoms with Gasteiger partial charge in [0.1, 0.15) is 5.75 Å². The Morgan fingerprint density at radius 2 is 1.79 bits per heavy atom. The Bertz CT molecular complexity index is 581. The Hall–Kier alpha value is -2.23. The van der Waals surface area contributed by atoms with Crippen LogP contribution in [0.2, 0.25) is 0 Å². The van der Waals surface area contributed by atoms with Gasteiger partial charge in [0, 0.05) is 11.9 Å².